The second kappa shape index (κ2) is 6.60. The molecular weight excluding hydrogens is 280 g/mol. The molecule has 0 saturated carbocycles. The molecule has 0 aromatic heterocycles. The van der Waals surface area contributed by atoms with Crippen LogP contribution in [0.5, 0.6) is 5.75 Å². The Hall–Kier alpha value is -1.77. The molecule has 1 saturated heterocycles. The Bertz CT molecular complexity index is 536. The van der Waals surface area contributed by atoms with Crippen LogP contribution < -0.4 is 4.74 Å². The highest BCUT2D eigenvalue weighted by molar-refractivity contribution is 6.31. The van der Waals surface area contributed by atoms with Gasteiger partial charge in [-0.15, -0.1) is 0 Å². The van der Waals surface area contributed by atoms with E-state index in [-0.39, 0.29) is 11.5 Å². The van der Waals surface area contributed by atoms with Crippen LogP contribution in [0.4, 0.5) is 0 Å². The first-order valence-electron chi connectivity index (χ1n) is 6.35. The molecule has 6 heteroatoms. The summed E-state index contributed by atoms with van der Waals surface area (Å²) in [5, 5.41) is 9.39. The first-order valence-corrected chi connectivity index (χ1v) is 6.73. The minimum absolute atomic E-state index is 0.114. The van der Waals surface area contributed by atoms with Crippen molar-refractivity contribution in [2.45, 2.75) is 13.0 Å². The van der Waals surface area contributed by atoms with Gasteiger partial charge in [-0.1, -0.05) is 17.7 Å². The third kappa shape index (κ3) is 3.21. The monoisotopic (exact) mass is 294 g/mol. The van der Waals surface area contributed by atoms with Crippen molar-refractivity contribution in [3.8, 4) is 11.8 Å². The summed E-state index contributed by atoms with van der Waals surface area (Å²) in [7, 11) is 0. The SMILES string of the molecule is CC(Oc1cccc(Cl)c1C#N)C(=O)N1CCOCC1. The molecule has 1 atom stereocenters. The summed E-state index contributed by atoms with van der Waals surface area (Å²) < 4.78 is 10.8. The summed E-state index contributed by atoms with van der Waals surface area (Å²) in [4.78, 5) is 13.9. The van der Waals surface area contributed by atoms with Crippen LogP contribution in [0, 0.1) is 11.3 Å². The van der Waals surface area contributed by atoms with Gasteiger partial charge in [-0.05, 0) is 19.1 Å². The molecule has 0 bridgehead atoms. The Balaban J connectivity index is 2.08. The third-order valence-electron chi connectivity index (χ3n) is 3.06. The van der Waals surface area contributed by atoms with Crippen molar-refractivity contribution >= 4 is 17.5 Å². The Morgan fingerprint density at radius 3 is 2.85 bits per heavy atom. The largest absolute Gasteiger partial charge is 0.479 e. The van der Waals surface area contributed by atoms with E-state index in [4.69, 9.17) is 26.3 Å². The van der Waals surface area contributed by atoms with Gasteiger partial charge in [0.15, 0.2) is 6.10 Å². The lowest BCUT2D eigenvalue weighted by Gasteiger charge is -2.29. The van der Waals surface area contributed by atoms with Crippen LogP contribution in [0.25, 0.3) is 0 Å². The van der Waals surface area contributed by atoms with Crippen LogP contribution in [-0.4, -0.2) is 43.2 Å². The topological polar surface area (TPSA) is 62.6 Å². The molecule has 1 fully saturated rings. The lowest BCUT2D eigenvalue weighted by atomic mass is 10.2. The van der Waals surface area contributed by atoms with E-state index in [0.29, 0.717) is 37.1 Å². The Labute approximate surface area is 122 Å². The van der Waals surface area contributed by atoms with Crippen LogP contribution >= 0.6 is 11.6 Å². The molecule has 1 aromatic rings. The van der Waals surface area contributed by atoms with Crippen LogP contribution in [0.15, 0.2) is 18.2 Å². The second-order valence-electron chi connectivity index (χ2n) is 4.42. The molecule has 1 heterocycles. The number of morpholine rings is 1. The number of carbonyl (C=O) groups excluding carboxylic acids is 1. The van der Waals surface area contributed by atoms with Gasteiger partial charge in [0.05, 0.1) is 18.2 Å². The predicted molar refractivity (Wildman–Crippen MR) is 73.7 cm³/mol. The van der Waals surface area contributed by atoms with Crippen LogP contribution in [0.2, 0.25) is 5.02 Å². The quantitative estimate of drug-likeness (QED) is 0.853. The van der Waals surface area contributed by atoms with E-state index in [0.717, 1.165) is 0 Å². The van der Waals surface area contributed by atoms with E-state index in [1.165, 1.54) is 0 Å². The summed E-state index contributed by atoms with van der Waals surface area (Å²) in [6, 6.07) is 6.92. The number of hydrogen-bond acceptors (Lipinski definition) is 4. The lowest BCUT2D eigenvalue weighted by Crippen LogP contribution is -2.46. The van der Waals surface area contributed by atoms with Gasteiger partial charge in [0.2, 0.25) is 0 Å². The van der Waals surface area contributed by atoms with Crippen LogP contribution in [0.3, 0.4) is 0 Å². The van der Waals surface area contributed by atoms with Crippen molar-refractivity contribution in [2.75, 3.05) is 26.3 Å². The fourth-order valence-corrected chi connectivity index (χ4v) is 2.20. The smallest absolute Gasteiger partial charge is 0.263 e. The zero-order chi connectivity index (χ0) is 14.5. The van der Waals surface area contributed by atoms with Crippen LogP contribution in [0.1, 0.15) is 12.5 Å². The summed E-state index contributed by atoms with van der Waals surface area (Å²) in [5.41, 5.74) is 0.246. The molecule has 20 heavy (non-hydrogen) atoms. The number of nitrogens with zero attached hydrogens (tertiary/aromatic N) is 2. The van der Waals surface area contributed by atoms with Gasteiger partial charge in [-0.3, -0.25) is 4.79 Å². The maximum Gasteiger partial charge on any atom is 0.263 e. The predicted octanol–water partition coefficient (Wildman–Crippen LogP) is 1.84. The molecule has 1 unspecified atom stereocenters. The maximum absolute atomic E-state index is 12.2. The van der Waals surface area contributed by atoms with Gasteiger partial charge >= 0.3 is 0 Å². The van der Waals surface area contributed by atoms with Gasteiger partial charge in [0.1, 0.15) is 17.4 Å². The van der Waals surface area contributed by atoms with E-state index >= 15 is 0 Å². The molecule has 106 valence electrons. The van der Waals surface area contributed by atoms with Crippen molar-refractivity contribution in [1.29, 1.82) is 5.26 Å². The van der Waals surface area contributed by atoms with Gasteiger partial charge in [-0.25, -0.2) is 0 Å². The highest BCUT2D eigenvalue weighted by Gasteiger charge is 2.24. The summed E-state index contributed by atoms with van der Waals surface area (Å²) >= 11 is 5.93. The fraction of sp³-hybridized carbons (Fsp3) is 0.429. The minimum atomic E-state index is -0.668. The third-order valence-corrected chi connectivity index (χ3v) is 3.38. The highest BCUT2D eigenvalue weighted by Crippen LogP contribution is 2.26. The van der Waals surface area contributed by atoms with Gasteiger partial charge < -0.3 is 14.4 Å². The normalized spacial score (nSPS) is 16.4. The standard InChI is InChI=1S/C14H15ClN2O3/c1-10(14(18)17-5-7-19-8-6-17)20-13-4-2-3-12(15)11(13)9-16/h2-4,10H,5-8H2,1H3. The van der Waals surface area contributed by atoms with E-state index in [9.17, 15) is 4.79 Å². The number of amides is 1. The summed E-state index contributed by atoms with van der Waals surface area (Å²) in [6.45, 7) is 3.87. The average Bonchev–Trinajstić information content (AvgIpc) is 2.47. The highest BCUT2D eigenvalue weighted by atomic mass is 35.5. The van der Waals surface area contributed by atoms with Crippen LogP contribution in [-0.2, 0) is 9.53 Å². The summed E-state index contributed by atoms with van der Waals surface area (Å²) in [6.07, 6.45) is -0.668. The van der Waals surface area contributed by atoms with Gasteiger partial charge in [0, 0.05) is 13.1 Å². The van der Waals surface area contributed by atoms with Crippen molar-refractivity contribution in [2.24, 2.45) is 0 Å². The molecular formula is C14H15ClN2O3. The molecule has 0 spiro atoms. The Morgan fingerprint density at radius 1 is 1.50 bits per heavy atom. The molecule has 1 aromatic carbocycles. The maximum atomic E-state index is 12.2. The Morgan fingerprint density at radius 2 is 2.20 bits per heavy atom. The lowest BCUT2D eigenvalue weighted by molar-refractivity contribution is -0.142. The van der Waals surface area contributed by atoms with Crippen molar-refractivity contribution < 1.29 is 14.3 Å². The van der Waals surface area contributed by atoms with Gasteiger partial charge in [-0.2, -0.15) is 5.26 Å². The zero-order valence-corrected chi connectivity index (χ0v) is 11.9. The number of ether oxygens (including phenoxy) is 2. The van der Waals surface area contributed by atoms with E-state index in [1.807, 2.05) is 6.07 Å². The fourth-order valence-electron chi connectivity index (χ4n) is 1.99. The van der Waals surface area contributed by atoms with Crippen molar-refractivity contribution in [1.82, 2.24) is 4.90 Å². The zero-order valence-electron chi connectivity index (χ0n) is 11.1. The molecule has 0 N–H and O–H groups in total. The number of hydrogen-bond donors (Lipinski definition) is 0. The van der Waals surface area contributed by atoms with Crippen molar-refractivity contribution in [3.05, 3.63) is 28.8 Å². The second-order valence-corrected chi connectivity index (χ2v) is 4.83. The minimum Gasteiger partial charge on any atom is -0.479 e. The number of benzene rings is 1. The van der Waals surface area contributed by atoms with Crippen molar-refractivity contribution in [3.63, 3.8) is 0 Å². The molecule has 0 aliphatic carbocycles. The molecule has 2 rings (SSSR count). The summed E-state index contributed by atoms with van der Waals surface area (Å²) in [5.74, 6) is 0.214. The molecule has 1 amide bonds. The number of nitriles is 1. The average molecular weight is 295 g/mol. The van der Waals surface area contributed by atoms with E-state index < -0.39 is 6.10 Å². The number of rotatable bonds is 3. The first-order chi connectivity index (χ1) is 9.63. The molecule has 5 nitrogen and oxygen atoms in total. The van der Waals surface area contributed by atoms with E-state index in [2.05, 4.69) is 0 Å². The number of halogens is 1. The molecule has 0 radical (unpaired) electrons. The molecule has 1 aliphatic heterocycles. The Kier molecular flexibility index (Phi) is 4.83. The first kappa shape index (κ1) is 14.6. The van der Waals surface area contributed by atoms with Gasteiger partial charge in [0.25, 0.3) is 5.91 Å². The van der Waals surface area contributed by atoms with E-state index in [1.54, 1.807) is 30.0 Å². The number of carbonyl (C=O) groups is 1. The molecule has 1 aliphatic rings.